The highest BCUT2D eigenvalue weighted by Gasteiger charge is 2.33. The molecule has 1 aromatic carbocycles. The molecule has 19 heavy (non-hydrogen) atoms. The maximum Gasteiger partial charge on any atom is 0.304 e. The lowest BCUT2D eigenvalue weighted by atomic mass is 9.93. The van der Waals surface area contributed by atoms with Crippen molar-refractivity contribution in [2.45, 2.75) is 25.8 Å². The van der Waals surface area contributed by atoms with E-state index in [9.17, 15) is 14.7 Å². The van der Waals surface area contributed by atoms with Crippen LogP contribution >= 0.6 is 0 Å². The number of benzene rings is 1. The number of amides is 1. The molecule has 1 amide bonds. The molecular weight excluding hydrogens is 246 g/mol. The van der Waals surface area contributed by atoms with Crippen molar-refractivity contribution < 1.29 is 19.8 Å². The smallest absolute Gasteiger partial charge is 0.304 e. The molecule has 1 aliphatic heterocycles. The average molecular weight is 263 g/mol. The Kier molecular flexibility index (Phi) is 3.46. The number of phenolic OH excluding ortho intramolecular Hbond substituents is 1. The van der Waals surface area contributed by atoms with Gasteiger partial charge in [0.05, 0.1) is 18.4 Å². The van der Waals surface area contributed by atoms with E-state index in [1.807, 2.05) is 6.92 Å². The van der Waals surface area contributed by atoms with Gasteiger partial charge in [0.25, 0.3) is 0 Å². The molecule has 0 fully saturated rings. The fraction of sp³-hybridized carbons (Fsp3) is 0.429. The first kappa shape index (κ1) is 13.4. The summed E-state index contributed by atoms with van der Waals surface area (Å²) in [4.78, 5) is 24.7. The van der Waals surface area contributed by atoms with Crippen LogP contribution in [0.4, 0.5) is 0 Å². The SMILES string of the molecule is CC1c2cc(O)ccc2CC(CC(=O)O)C(=O)N1C. The van der Waals surface area contributed by atoms with Crippen molar-refractivity contribution in [3.05, 3.63) is 29.3 Å². The van der Waals surface area contributed by atoms with Gasteiger partial charge in [-0.3, -0.25) is 9.59 Å². The third-order valence-electron chi connectivity index (χ3n) is 3.74. The number of hydrogen-bond acceptors (Lipinski definition) is 3. The average Bonchev–Trinajstić information content (AvgIpc) is 2.43. The second-order valence-corrected chi connectivity index (χ2v) is 5.01. The summed E-state index contributed by atoms with van der Waals surface area (Å²) < 4.78 is 0. The van der Waals surface area contributed by atoms with Crippen LogP contribution in [0.5, 0.6) is 5.75 Å². The van der Waals surface area contributed by atoms with Crippen molar-refractivity contribution in [2.24, 2.45) is 5.92 Å². The van der Waals surface area contributed by atoms with Crippen molar-refractivity contribution in [3.8, 4) is 5.75 Å². The molecule has 0 saturated heterocycles. The van der Waals surface area contributed by atoms with E-state index in [4.69, 9.17) is 5.11 Å². The third-order valence-corrected chi connectivity index (χ3v) is 3.74. The summed E-state index contributed by atoms with van der Waals surface area (Å²) in [5, 5.41) is 18.5. The Balaban J connectivity index is 2.43. The first-order valence-electron chi connectivity index (χ1n) is 6.20. The lowest BCUT2D eigenvalue weighted by molar-refractivity contribution is -0.144. The fourth-order valence-electron chi connectivity index (χ4n) is 2.57. The summed E-state index contributed by atoms with van der Waals surface area (Å²) in [6, 6.07) is 4.81. The van der Waals surface area contributed by atoms with Gasteiger partial charge in [0.2, 0.25) is 5.91 Å². The van der Waals surface area contributed by atoms with Crippen LogP contribution in [-0.2, 0) is 16.0 Å². The van der Waals surface area contributed by atoms with E-state index in [0.29, 0.717) is 6.42 Å². The molecule has 1 aliphatic rings. The number of aromatic hydroxyl groups is 1. The largest absolute Gasteiger partial charge is 0.508 e. The molecule has 102 valence electrons. The van der Waals surface area contributed by atoms with Crippen LogP contribution in [0.3, 0.4) is 0 Å². The normalized spacial score (nSPS) is 22.8. The number of carbonyl (C=O) groups is 2. The van der Waals surface area contributed by atoms with Gasteiger partial charge in [-0.2, -0.15) is 0 Å². The topological polar surface area (TPSA) is 77.8 Å². The molecule has 0 spiro atoms. The molecule has 2 N–H and O–H groups in total. The van der Waals surface area contributed by atoms with Crippen LogP contribution < -0.4 is 0 Å². The van der Waals surface area contributed by atoms with Gasteiger partial charge in [-0.05, 0) is 36.6 Å². The van der Waals surface area contributed by atoms with E-state index >= 15 is 0 Å². The molecule has 0 radical (unpaired) electrons. The first-order chi connectivity index (χ1) is 8.90. The van der Waals surface area contributed by atoms with Crippen LogP contribution in [0.25, 0.3) is 0 Å². The fourth-order valence-corrected chi connectivity index (χ4v) is 2.57. The van der Waals surface area contributed by atoms with E-state index in [1.165, 1.54) is 0 Å². The number of hydrogen-bond donors (Lipinski definition) is 2. The number of carboxylic acids is 1. The minimum Gasteiger partial charge on any atom is -0.508 e. The van der Waals surface area contributed by atoms with Gasteiger partial charge >= 0.3 is 5.97 Å². The molecule has 5 nitrogen and oxygen atoms in total. The number of carbonyl (C=O) groups excluding carboxylic acids is 1. The van der Waals surface area contributed by atoms with Gasteiger partial charge in [0.15, 0.2) is 0 Å². The van der Waals surface area contributed by atoms with E-state index in [-0.39, 0.29) is 24.1 Å². The molecule has 2 atom stereocenters. The van der Waals surface area contributed by atoms with E-state index < -0.39 is 11.9 Å². The van der Waals surface area contributed by atoms with Gasteiger partial charge in [-0.15, -0.1) is 0 Å². The zero-order valence-electron chi connectivity index (χ0n) is 11.0. The zero-order valence-corrected chi connectivity index (χ0v) is 11.0. The molecular formula is C14H17NO4. The minimum atomic E-state index is -0.971. The molecule has 1 heterocycles. The van der Waals surface area contributed by atoms with Gasteiger partial charge in [-0.1, -0.05) is 6.07 Å². The van der Waals surface area contributed by atoms with Crippen molar-refractivity contribution >= 4 is 11.9 Å². The number of aliphatic carboxylic acids is 1. The number of carboxylic acid groups (broad SMARTS) is 1. The van der Waals surface area contributed by atoms with Crippen LogP contribution in [-0.4, -0.2) is 34.0 Å². The zero-order chi connectivity index (χ0) is 14.2. The van der Waals surface area contributed by atoms with Crippen LogP contribution in [0.2, 0.25) is 0 Å². The van der Waals surface area contributed by atoms with Gasteiger partial charge in [0.1, 0.15) is 5.75 Å². The lowest BCUT2D eigenvalue weighted by Gasteiger charge is -2.25. The standard InChI is InChI=1S/C14H17NO4/c1-8-12-7-11(16)4-3-9(12)5-10(6-13(17)18)14(19)15(8)2/h3-4,7-8,10,16H,5-6H2,1-2H3,(H,17,18). The van der Waals surface area contributed by atoms with Crippen molar-refractivity contribution in [2.75, 3.05) is 7.05 Å². The Hall–Kier alpha value is -2.04. The predicted octanol–water partition coefficient (Wildman–Crippen LogP) is 1.56. The van der Waals surface area contributed by atoms with Gasteiger partial charge < -0.3 is 15.1 Å². The monoisotopic (exact) mass is 263 g/mol. The quantitative estimate of drug-likeness (QED) is 0.848. The summed E-state index contributed by atoms with van der Waals surface area (Å²) in [7, 11) is 1.67. The highest BCUT2D eigenvalue weighted by atomic mass is 16.4. The molecule has 0 bridgehead atoms. The van der Waals surface area contributed by atoms with Crippen molar-refractivity contribution in [3.63, 3.8) is 0 Å². The van der Waals surface area contributed by atoms with Gasteiger partial charge in [-0.25, -0.2) is 0 Å². The number of fused-ring (bicyclic) bond motifs is 1. The molecule has 0 aromatic heterocycles. The summed E-state index contributed by atoms with van der Waals surface area (Å²) >= 11 is 0. The lowest BCUT2D eigenvalue weighted by Crippen LogP contribution is -2.34. The Morgan fingerprint density at radius 2 is 2.16 bits per heavy atom. The Morgan fingerprint density at radius 1 is 1.47 bits per heavy atom. The summed E-state index contributed by atoms with van der Waals surface area (Å²) in [6.45, 7) is 1.87. The number of rotatable bonds is 2. The van der Waals surface area contributed by atoms with E-state index in [2.05, 4.69) is 0 Å². The second-order valence-electron chi connectivity index (χ2n) is 5.01. The van der Waals surface area contributed by atoms with Crippen molar-refractivity contribution in [1.82, 2.24) is 4.90 Å². The first-order valence-corrected chi connectivity index (χ1v) is 6.20. The second kappa shape index (κ2) is 4.91. The molecule has 2 rings (SSSR count). The number of phenols is 1. The summed E-state index contributed by atoms with van der Waals surface area (Å²) in [5.41, 5.74) is 1.80. The number of nitrogens with zero attached hydrogens (tertiary/aromatic N) is 1. The maximum atomic E-state index is 12.2. The van der Waals surface area contributed by atoms with Crippen molar-refractivity contribution in [1.29, 1.82) is 0 Å². The summed E-state index contributed by atoms with van der Waals surface area (Å²) in [6.07, 6.45) is 0.228. The van der Waals surface area contributed by atoms with Crippen LogP contribution in [0, 0.1) is 5.92 Å². The Bertz CT molecular complexity index is 526. The molecule has 1 aromatic rings. The predicted molar refractivity (Wildman–Crippen MR) is 68.7 cm³/mol. The van der Waals surface area contributed by atoms with Crippen LogP contribution in [0.15, 0.2) is 18.2 Å². The van der Waals surface area contributed by atoms with E-state index in [1.54, 1.807) is 30.1 Å². The highest BCUT2D eigenvalue weighted by molar-refractivity contribution is 5.84. The highest BCUT2D eigenvalue weighted by Crippen LogP contribution is 2.33. The maximum absolute atomic E-state index is 12.2. The molecule has 5 heteroatoms. The van der Waals surface area contributed by atoms with Crippen LogP contribution in [0.1, 0.15) is 30.5 Å². The van der Waals surface area contributed by atoms with E-state index in [0.717, 1.165) is 11.1 Å². The Labute approximate surface area is 111 Å². The molecule has 2 unspecified atom stereocenters. The third kappa shape index (κ3) is 2.54. The molecule has 0 aliphatic carbocycles. The minimum absolute atomic E-state index is 0.156. The Morgan fingerprint density at radius 3 is 2.79 bits per heavy atom. The molecule has 0 saturated carbocycles. The summed E-state index contributed by atoms with van der Waals surface area (Å²) in [5.74, 6) is -1.52. The van der Waals surface area contributed by atoms with Gasteiger partial charge in [0, 0.05) is 7.05 Å².